The minimum Gasteiger partial charge on any atom is -0.378 e. The number of carbonyl (C=O) groups excluding carboxylic acids is 2. The van der Waals surface area contributed by atoms with Crippen LogP contribution in [0.5, 0.6) is 0 Å². The number of nitrogens with zero attached hydrogens (tertiary/aromatic N) is 4. The molecule has 2 amide bonds. The normalized spacial score (nSPS) is 22.7. The van der Waals surface area contributed by atoms with Crippen molar-refractivity contribution in [2.45, 2.75) is 26.3 Å². The van der Waals surface area contributed by atoms with Gasteiger partial charge in [0.25, 0.3) is 0 Å². The number of rotatable bonds is 4. The zero-order chi connectivity index (χ0) is 18.8. The average molecular weight is 372 g/mol. The van der Waals surface area contributed by atoms with E-state index in [-0.39, 0.29) is 11.8 Å². The lowest BCUT2D eigenvalue weighted by molar-refractivity contribution is -0.160. The second kappa shape index (κ2) is 7.96. The Labute approximate surface area is 160 Å². The lowest BCUT2D eigenvalue weighted by Gasteiger charge is -2.38. The van der Waals surface area contributed by atoms with Crippen LogP contribution in [0, 0.1) is 6.92 Å². The van der Waals surface area contributed by atoms with Crippen LogP contribution >= 0.6 is 0 Å². The van der Waals surface area contributed by atoms with Crippen LogP contribution in [0.1, 0.15) is 24.0 Å². The monoisotopic (exact) mass is 372 g/mol. The van der Waals surface area contributed by atoms with Gasteiger partial charge in [0, 0.05) is 64.3 Å². The molecule has 0 bridgehead atoms. The molecule has 0 spiro atoms. The molecular weight excluding hydrogens is 344 g/mol. The van der Waals surface area contributed by atoms with E-state index >= 15 is 0 Å². The van der Waals surface area contributed by atoms with Crippen molar-refractivity contribution in [1.29, 1.82) is 0 Å². The Bertz CT molecular complexity index is 693. The van der Waals surface area contributed by atoms with Crippen LogP contribution in [-0.4, -0.2) is 79.2 Å². The molecule has 146 valence electrons. The summed E-state index contributed by atoms with van der Waals surface area (Å²) in [6.07, 6.45) is 0.707. The summed E-state index contributed by atoms with van der Waals surface area (Å²) < 4.78 is 5.47. The highest BCUT2D eigenvalue weighted by atomic mass is 16.5. The lowest BCUT2D eigenvalue weighted by Crippen LogP contribution is -2.55. The Hall–Kier alpha value is -1.96. The van der Waals surface area contributed by atoms with E-state index in [1.807, 2.05) is 5.01 Å². The minimum absolute atomic E-state index is 0.0532. The van der Waals surface area contributed by atoms with Gasteiger partial charge in [0.05, 0.1) is 13.2 Å². The third-order valence-corrected chi connectivity index (χ3v) is 5.82. The summed E-state index contributed by atoms with van der Waals surface area (Å²) in [6, 6.07) is 6.55. The standard InChI is InChI=1S/C20H28N4O3/c1-16-17(3-2-4-18(16)22-11-13-27-14-12-22)15-21-7-9-23(10-8-21)24-19(25)5-6-20(24)26/h2-4H,5-15H2,1H3. The van der Waals surface area contributed by atoms with Crippen molar-refractivity contribution in [3.05, 3.63) is 29.3 Å². The number of hydrogen-bond acceptors (Lipinski definition) is 6. The summed E-state index contributed by atoms with van der Waals surface area (Å²) in [6.45, 7) is 9.74. The number of ether oxygens (including phenoxy) is 1. The number of hydrogen-bond donors (Lipinski definition) is 0. The first-order valence-electron chi connectivity index (χ1n) is 9.87. The summed E-state index contributed by atoms with van der Waals surface area (Å²) in [5, 5.41) is 3.30. The predicted octanol–water partition coefficient (Wildman–Crippen LogP) is 1.01. The van der Waals surface area contributed by atoms with Crippen molar-refractivity contribution in [1.82, 2.24) is 14.9 Å². The van der Waals surface area contributed by atoms with Crippen molar-refractivity contribution in [3.63, 3.8) is 0 Å². The smallest absolute Gasteiger partial charge is 0.244 e. The number of piperazine rings is 1. The Kier molecular flexibility index (Phi) is 5.43. The molecule has 1 aromatic carbocycles. The van der Waals surface area contributed by atoms with E-state index in [0.29, 0.717) is 12.8 Å². The lowest BCUT2D eigenvalue weighted by atomic mass is 10.0. The second-order valence-corrected chi connectivity index (χ2v) is 7.49. The molecule has 3 aliphatic heterocycles. The molecule has 3 fully saturated rings. The van der Waals surface area contributed by atoms with Gasteiger partial charge in [-0.1, -0.05) is 12.1 Å². The quantitative estimate of drug-likeness (QED) is 0.736. The van der Waals surface area contributed by atoms with Crippen LogP contribution in [0.2, 0.25) is 0 Å². The number of imide groups is 1. The first kappa shape index (κ1) is 18.4. The topological polar surface area (TPSA) is 56.3 Å². The molecule has 0 unspecified atom stereocenters. The maximum atomic E-state index is 11.9. The van der Waals surface area contributed by atoms with E-state index in [4.69, 9.17) is 4.74 Å². The van der Waals surface area contributed by atoms with E-state index in [9.17, 15) is 9.59 Å². The zero-order valence-electron chi connectivity index (χ0n) is 16.0. The first-order chi connectivity index (χ1) is 13.1. The number of carbonyl (C=O) groups is 2. The predicted molar refractivity (Wildman–Crippen MR) is 102 cm³/mol. The van der Waals surface area contributed by atoms with E-state index in [1.165, 1.54) is 21.8 Å². The number of hydrazine groups is 1. The molecule has 3 aliphatic rings. The SMILES string of the molecule is Cc1c(CN2CCN(N3C(=O)CCC3=O)CC2)cccc1N1CCOCC1. The van der Waals surface area contributed by atoms with Gasteiger partial charge in [-0.2, -0.15) is 0 Å². The number of amides is 2. The van der Waals surface area contributed by atoms with Crippen molar-refractivity contribution in [2.24, 2.45) is 0 Å². The highest BCUT2D eigenvalue weighted by Crippen LogP contribution is 2.25. The summed E-state index contributed by atoms with van der Waals surface area (Å²) in [5.74, 6) is -0.106. The summed E-state index contributed by atoms with van der Waals surface area (Å²) in [7, 11) is 0. The van der Waals surface area contributed by atoms with Crippen molar-refractivity contribution >= 4 is 17.5 Å². The molecule has 4 rings (SSSR count). The van der Waals surface area contributed by atoms with Gasteiger partial charge in [-0.3, -0.25) is 14.5 Å². The van der Waals surface area contributed by atoms with Gasteiger partial charge < -0.3 is 9.64 Å². The largest absolute Gasteiger partial charge is 0.378 e. The van der Waals surface area contributed by atoms with Crippen molar-refractivity contribution in [3.8, 4) is 0 Å². The molecule has 7 nitrogen and oxygen atoms in total. The maximum Gasteiger partial charge on any atom is 0.244 e. The molecule has 3 saturated heterocycles. The van der Waals surface area contributed by atoms with Gasteiger partial charge in [0.1, 0.15) is 0 Å². The molecule has 0 N–H and O–H groups in total. The van der Waals surface area contributed by atoms with Gasteiger partial charge >= 0.3 is 0 Å². The van der Waals surface area contributed by atoms with Crippen molar-refractivity contribution < 1.29 is 14.3 Å². The molecule has 3 heterocycles. The van der Waals surface area contributed by atoms with E-state index < -0.39 is 0 Å². The Balaban J connectivity index is 1.38. The number of anilines is 1. The van der Waals surface area contributed by atoms with Gasteiger partial charge in [0.15, 0.2) is 0 Å². The first-order valence-corrected chi connectivity index (χ1v) is 9.87. The molecule has 7 heteroatoms. The van der Waals surface area contributed by atoms with Crippen LogP contribution in [0.15, 0.2) is 18.2 Å². The fraction of sp³-hybridized carbons (Fsp3) is 0.600. The molecule has 0 aromatic heterocycles. The van der Waals surface area contributed by atoms with Crippen LogP contribution in [0.4, 0.5) is 5.69 Å². The van der Waals surface area contributed by atoms with Crippen molar-refractivity contribution in [2.75, 3.05) is 57.4 Å². The zero-order valence-corrected chi connectivity index (χ0v) is 16.0. The van der Waals surface area contributed by atoms with Crippen LogP contribution in [0.25, 0.3) is 0 Å². The highest BCUT2D eigenvalue weighted by Gasteiger charge is 2.35. The third-order valence-electron chi connectivity index (χ3n) is 5.82. The van der Waals surface area contributed by atoms with Gasteiger partial charge in [0.2, 0.25) is 11.8 Å². The van der Waals surface area contributed by atoms with Crippen LogP contribution in [0.3, 0.4) is 0 Å². The maximum absolute atomic E-state index is 11.9. The van der Waals surface area contributed by atoms with Crippen LogP contribution in [-0.2, 0) is 20.9 Å². The average Bonchev–Trinajstić information content (AvgIpc) is 3.03. The Morgan fingerprint density at radius 1 is 0.926 bits per heavy atom. The second-order valence-electron chi connectivity index (χ2n) is 7.49. The van der Waals surface area contributed by atoms with Crippen LogP contribution < -0.4 is 4.90 Å². The minimum atomic E-state index is -0.0532. The summed E-state index contributed by atoms with van der Waals surface area (Å²) >= 11 is 0. The molecule has 0 saturated carbocycles. The molecule has 0 aliphatic carbocycles. The summed E-state index contributed by atoms with van der Waals surface area (Å²) in [5.41, 5.74) is 4.00. The molecule has 1 aromatic rings. The summed E-state index contributed by atoms with van der Waals surface area (Å²) in [4.78, 5) is 28.7. The highest BCUT2D eigenvalue weighted by molar-refractivity contribution is 6.01. The number of benzene rings is 1. The third kappa shape index (κ3) is 3.85. The van der Waals surface area contributed by atoms with E-state index in [0.717, 1.165) is 59.0 Å². The molecule has 0 atom stereocenters. The van der Waals surface area contributed by atoms with E-state index in [2.05, 4.69) is 34.9 Å². The van der Waals surface area contributed by atoms with E-state index in [1.54, 1.807) is 0 Å². The molecule has 27 heavy (non-hydrogen) atoms. The van der Waals surface area contributed by atoms with Gasteiger partial charge in [-0.15, -0.1) is 0 Å². The molecular formula is C20H28N4O3. The van der Waals surface area contributed by atoms with Gasteiger partial charge in [-0.25, -0.2) is 10.0 Å². The van der Waals surface area contributed by atoms with Gasteiger partial charge in [-0.05, 0) is 24.1 Å². The number of morpholine rings is 1. The Morgan fingerprint density at radius 3 is 2.26 bits per heavy atom. The Morgan fingerprint density at radius 2 is 1.59 bits per heavy atom. The molecule has 0 radical (unpaired) electrons. The fourth-order valence-corrected chi connectivity index (χ4v) is 4.20. The fourth-order valence-electron chi connectivity index (χ4n) is 4.20.